The van der Waals surface area contributed by atoms with Crippen molar-refractivity contribution < 1.29 is 27.9 Å². The highest BCUT2D eigenvalue weighted by Gasteiger charge is 2.24. The first-order valence-corrected chi connectivity index (χ1v) is 7.48. The number of rotatable bonds is 6. The molecule has 2 amide bonds. The number of hydrogen-bond donors (Lipinski definition) is 3. The number of hydrogen-bond acceptors (Lipinski definition) is 3. The lowest BCUT2D eigenvalue weighted by molar-refractivity contribution is -0.136. The lowest BCUT2D eigenvalue weighted by Crippen LogP contribution is -2.44. The van der Waals surface area contributed by atoms with Gasteiger partial charge in [-0.3, -0.25) is 9.59 Å². The molecular weight excluding hydrogens is 325 g/mol. The molecule has 0 aromatic heterocycles. The first-order valence-electron chi connectivity index (χ1n) is 7.48. The van der Waals surface area contributed by atoms with Crippen LogP contribution in [0, 0.1) is 23.4 Å². The Morgan fingerprint density at radius 2 is 1.71 bits per heavy atom. The van der Waals surface area contributed by atoms with E-state index in [4.69, 9.17) is 0 Å². The molecule has 1 aromatic carbocycles. The maximum atomic E-state index is 13.4. The second-order valence-electron chi connectivity index (χ2n) is 6.31. The first kappa shape index (κ1) is 20.0. The van der Waals surface area contributed by atoms with Crippen LogP contribution in [0.4, 0.5) is 18.9 Å². The first-order chi connectivity index (χ1) is 11.0. The molecular formula is C16H21F3N2O3. The molecule has 0 saturated carbocycles. The predicted molar refractivity (Wildman–Crippen MR) is 82.7 cm³/mol. The summed E-state index contributed by atoms with van der Waals surface area (Å²) in [7, 11) is 0. The van der Waals surface area contributed by atoms with Crippen LogP contribution in [-0.2, 0) is 9.59 Å². The third-order valence-electron chi connectivity index (χ3n) is 3.35. The number of amides is 2. The number of benzene rings is 1. The second-order valence-corrected chi connectivity index (χ2v) is 6.31. The second kappa shape index (κ2) is 8.14. The third-order valence-corrected chi connectivity index (χ3v) is 3.35. The average Bonchev–Trinajstić information content (AvgIpc) is 2.48. The molecule has 0 aliphatic carbocycles. The van der Waals surface area contributed by atoms with Crippen LogP contribution in [0.2, 0.25) is 0 Å². The van der Waals surface area contributed by atoms with Crippen molar-refractivity contribution in [2.24, 2.45) is 5.92 Å². The van der Waals surface area contributed by atoms with Crippen LogP contribution in [0.25, 0.3) is 0 Å². The molecule has 0 heterocycles. The maximum absolute atomic E-state index is 13.4. The van der Waals surface area contributed by atoms with Gasteiger partial charge in [0.15, 0.2) is 11.6 Å². The van der Waals surface area contributed by atoms with Gasteiger partial charge in [-0.1, -0.05) is 13.8 Å². The molecule has 0 aliphatic heterocycles. The van der Waals surface area contributed by atoms with Gasteiger partial charge in [-0.25, -0.2) is 13.2 Å². The van der Waals surface area contributed by atoms with Crippen LogP contribution in [-0.4, -0.2) is 29.1 Å². The molecule has 1 atom stereocenters. The Balaban J connectivity index is 2.60. The minimum absolute atomic E-state index is 0.174. The molecule has 134 valence electrons. The Bertz CT molecular complexity index is 619. The van der Waals surface area contributed by atoms with Crippen molar-refractivity contribution in [3.63, 3.8) is 0 Å². The quantitative estimate of drug-likeness (QED) is 0.546. The molecule has 0 aliphatic rings. The average molecular weight is 346 g/mol. The van der Waals surface area contributed by atoms with E-state index in [1.165, 1.54) is 6.92 Å². The predicted octanol–water partition coefficient (Wildman–Crippen LogP) is 2.35. The van der Waals surface area contributed by atoms with E-state index in [0.717, 1.165) is 6.42 Å². The lowest BCUT2D eigenvalue weighted by atomic mass is 9.95. The summed E-state index contributed by atoms with van der Waals surface area (Å²) in [6.07, 6.45) is 1.15. The smallest absolute Gasteiger partial charge is 0.313 e. The highest BCUT2D eigenvalue weighted by atomic mass is 19.2. The molecule has 8 heteroatoms. The summed E-state index contributed by atoms with van der Waals surface area (Å²) in [5, 5.41) is 14.2. The van der Waals surface area contributed by atoms with Crippen LogP contribution < -0.4 is 10.6 Å². The normalized spacial score (nSPS) is 13.5. The van der Waals surface area contributed by atoms with Crippen LogP contribution >= 0.6 is 0 Å². The highest BCUT2D eigenvalue weighted by molar-refractivity contribution is 6.39. The third kappa shape index (κ3) is 6.19. The van der Waals surface area contributed by atoms with E-state index in [9.17, 15) is 27.9 Å². The van der Waals surface area contributed by atoms with E-state index in [1.54, 1.807) is 0 Å². The molecule has 1 aromatic rings. The molecule has 0 fully saturated rings. The molecule has 24 heavy (non-hydrogen) atoms. The van der Waals surface area contributed by atoms with Gasteiger partial charge < -0.3 is 15.7 Å². The largest absolute Gasteiger partial charge is 0.388 e. The van der Waals surface area contributed by atoms with E-state index in [2.05, 4.69) is 5.32 Å². The van der Waals surface area contributed by atoms with Crippen molar-refractivity contribution in [2.75, 3.05) is 11.9 Å². The monoisotopic (exact) mass is 346 g/mol. The maximum Gasteiger partial charge on any atom is 0.313 e. The SMILES string of the molecule is CC(C)CCC(C)(O)CNC(=O)C(=O)Nc1cc(F)c(F)cc1F. The Hall–Kier alpha value is -2.09. The van der Waals surface area contributed by atoms with Crippen LogP contribution in [0.3, 0.4) is 0 Å². The molecule has 0 bridgehead atoms. The highest BCUT2D eigenvalue weighted by Crippen LogP contribution is 2.18. The van der Waals surface area contributed by atoms with E-state index in [-0.39, 0.29) is 12.6 Å². The van der Waals surface area contributed by atoms with Gasteiger partial charge in [0, 0.05) is 18.7 Å². The van der Waals surface area contributed by atoms with Gasteiger partial charge >= 0.3 is 11.8 Å². The standard InChI is InChI=1S/C16H21F3N2O3/c1-9(2)4-5-16(3,24)8-20-14(22)15(23)21-13-7-11(18)10(17)6-12(13)19/h6-7,9,24H,4-5,8H2,1-3H3,(H,20,22)(H,21,23). The molecule has 0 saturated heterocycles. The van der Waals surface area contributed by atoms with Crippen molar-refractivity contribution in [3.8, 4) is 0 Å². The van der Waals surface area contributed by atoms with Gasteiger partial charge in [-0.15, -0.1) is 0 Å². The summed E-state index contributed by atoms with van der Waals surface area (Å²) in [5.41, 5.74) is -1.85. The molecule has 0 radical (unpaired) electrons. The minimum Gasteiger partial charge on any atom is -0.388 e. The van der Waals surface area contributed by atoms with E-state index >= 15 is 0 Å². The minimum atomic E-state index is -1.41. The number of aliphatic hydroxyl groups is 1. The summed E-state index contributed by atoms with van der Waals surface area (Å²) in [6.45, 7) is 5.31. The number of nitrogens with one attached hydrogen (secondary N) is 2. The zero-order valence-electron chi connectivity index (χ0n) is 13.8. The lowest BCUT2D eigenvalue weighted by Gasteiger charge is -2.24. The molecule has 0 spiro atoms. The molecule has 1 rings (SSSR count). The summed E-state index contributed by atoms with van der Waals surface area (Å²) in [5.74, 6) is -5.98. The number of halogens is 3. The van der Waals surface area contributed by atoms with Gasteiger partial charge in [0.25, 0.3) is 0 Å². The number of anilines is 1. The fourth-order valence-corrected chi connectivity index (χ4v) is 1.84. The number of carbonyl (C=O) groups is 2. The van der Waals surface area contributed by atoms with Gasteiger partial charge in [-0.2, -0.15) is 0 Å². The Morgan fingerprint density at radius 3 is 2.29 bits per heavy atom. The Morgan fingerprint density at radius 1 is 1.12 bits per heavy atom. The van der Waals surface area contributed by atoms with Crippen LogP contribution in [0.1, 0.15) is 33.6 Å². The van der Waals surface area contributed by atoms with Gasteiger partial charge in [0.1, 0.15) is 5.82 Å². The van der Waals surface area contributed by atoms with Gasteiger partial charge in [-0.05, 0) is 25.7 Å². The number of carbonyl (C=O) groups excluding carboxylic acids is 2. The Kier molecular flexibility index (Phi) is 6.77. The van der Waals surface area contributed by atoms with Crippen molar-refractivity contribution in [1.82, 2.24) is 5.32 Å². The molecule has 3 N–H and O–H groups in total. The zero-order valence-corrected chi connectivity index (χ0v) is 13.8. The molecule has 5 nitrogen and oxygen atoms in total. The Labute approximate surface area is 138 Å². The summed E-state index contributed by atoms with van der Waals surface area (Å²) in [4.78, 5) is 23.3. The van der Waals surface area contributed by atoms with Crippen molar-refractivity contribution >= 4 is 17.5 Å². The fraction of sp³-hybridized carbons (Fsp3) is 0.500. The van der Waals surface area contributed by atoms with Crippen molar-refractivity contribution in [3.05, 3.63) is 29.6 Å². The topological polar surface area (TPSA) is 78.4 Å². The van der Waals surface area contributed by atoms with Gasteiger partial charge in [0.05, 0.1) is 11.3 Å². The molecule has 1 unspecified atom stereocenters. The fourth-order valence-electron chi connectivity index (χ4n) is 1.84. The summed E-state index contributed by atoms with van der Waals surface area (Å²) in [6, 6.07) is 0.703. The van der Waals surface area contributed by atoms with Crippen molar-refractivity contribution in [1.29, 1.82) is 0 Å². The van der Waals surface area contributed by atoms with E-state index in [0.29, 0.717) is 18.4 Å². The van der Waals surface area contributed by atoms with Crippen molar-refractivity contribution in [2.45, 2.75) is 39.2 Å². The van der Waals surface area contributed by atoms with Gasteiger partial charge in [0.2, 0.25) is 0 Å². The van der Waals surface area contributed by atoms with E-state index < -0.39 is 40.6 Å². The summed E-state index contributed by atoms with van der Waals surface area (Å²) >= 11 is 0. The van der Waals surface area contributed by atoms with E-state index in [1.807, 2.05) is 19.2 Å². The summed E-state index contributed by atoms with van der Waals surface area (Å²) < 4.78 is 39.3. The van der Waals surface area contributed by atoms with Crippen LogP contribution in [0.15, 0.2) is 12.1 Å². The van der Waals surface area contributed by atoms with Crippen LogP contribution in [0.5, 0.6) is 0 Å². The zero-order chi connectivity index (χ0) is 18.5.